The number of thioether (sulfide) groups is 1. The van der Waals surface area contributed by atoms with E-state index >= 15 is 0 Å². The molecule has 0 bridgehead atoms. The molecular weight excluding hydrogens is 308 g/mol. The molecule has 0 spiro atoms. The van der Waals surface area contributed by atoms with E-state index in [4.69, 9.17) is 16.7 Å². The van der Waals surface area contributed by atoms with E-state index in [1.165, 1.54) is 32.9 Å². The Morgan fingerprint density at radius 2 is 2.32 bits per heavy atom. The van der Waals surface area contributed by atoms with Crippen LogP contribution in [-0.4, -0.2) is 51.6 Å². The van der Waals surface area contributed by atoms with Gasteiger partial charge in [0, 0.05) is 17.7 Å². The zero-order valence-electron chi connectivity index (χ0n) is 10.2. The molecule has 1 aromatic rings. The van der Waals surface area contributed by atoms with Gasteiger partial charge in [-0.25, -0.2) is 9.59 Å². The third-order valence-corrected chi connectivity index (χ3v) is 4.99. The second-order valence-electron chi connectivity index (χ2n) is 4.17. The number of carbonyl (C=O) groups is 2. The molecule has 0 aliphatic carbocycles. The smallest absolute Gasteiger partial charge is 0.327 e. The Balaban J connectivity index is 2.00. The van der Waals surface area contributed by atoms with Gasteiger partial charge in [0.2, 0.25) is 0 Å². The molecular formula is C11H13ClN2O3S2. The predicted molar refractivity (Wildman–Crippen MR) is 76.8 cm³/mol. The first-order valence-electron chi connectivity index (χ1n) is 5.55. The number of nitrogens with zero attached hydrogens (tertiary/aromatic N) is 2. The molecule has 2 amide bonds. The molecule has 1 unspecified atom stereocenters. The van der Waals surface area contributed by atoms with Crippen LogP contribution in [0.25, 0.3) is 0 Å². The highest BCUT2D eigenvalue weighted by molar-refractivity contribution is 7.99. The summed E-state index contributed by atoms with van der Waals surface area (Å²) in [6.45, 7) is 0.434. The fraction of sp³-hybridized carbons (Fsp3) is 0.455. The number of urea groups is 1. The number of carboxylic acid groups (broad SMARTS) is 1. The van der Waals surface area contributed by atoms with Crippen molar-refractivity contribution in [1.82, 2.24) is 9.80 Å². The largest absolute Gasteiger partial charge is 0.480 e. The molecule has 1 aromatic heterocycles. The molecule has 2 heterocycles. The first-order chi connectivity index (χ1) is 8.99. The molecule has 8 heteroatoms. The maximum absolute atomic E-state index is 12.2. The van der Waals surface area contributed by atoms with Gasteiger partial charge in [-0.05, 0) is 12.1 Å². The summed E-state index contributed by atoms with van der Waals surface area (Å²) in [5.41, 5.74) is 0. The number of thiophene rings is 1. The van der Waals surface area contributed by atoms with Gasteiger partial charge in [0.25, 0.3) is 0 Å². The minimum atomic E-state index is -0.953. The van der Waals surface area contributed by atoms with E-state index in [0.717, 1.165) is 4.88 Å². The molecule has 1 aliphatic heterocycles. The van der Waals surface area contributed by atoms with Crippen molar-refractivity contribution in [3.63, 3.8) is 0 Å². The summed E-state index contributed by atoms with van der Waals surface area (Å²) in [6.07, 6.45) is 0. The number of carbonyl (C=O) groups excluding carboxylic acids is 1. The van der Waals surface area contributed by atoms with Crippen LogP contribution in [0.5, 0.6) is 0 Å². The van der Waals surface area contributed by atoms with Gasteiger partial charge in [0.1, 0.15) is 6.04 Å². The van der Waals surface area contributed by atoms with E-state index in [0.29, 0.717) is 22.5 Å². The Morgan fingerprint density at radius 1 is 1.58 bits per heavy atom. The highest BCUT2D eigenvalue weighted by Crippen LogP contribution is 2.25. The number of rotatable bonds is 3. The molecule has 19 heavy (non-hydrogen) atoms. The van der Waals surface area contributed by atoms with Gasteiger partial charge in [-0.3, -0.25) is 0 Å². The van der Waals surface area contributed by atoms with Crippen LogP contribution in [0.4, 0.5) is 4.79 Å². The third-order valence-electron chi connectivity index (χ3n) is 2.76. The van der Waals surface area contributed by atoms with Crippen molar-refractivity contribution in [2.24, 2.45) is 0 Å². The highest BCUT2D eigenvalue weighted by Gasteiger charge is 2.35. The Kier molecular flexibility index (Phi) is 4.59. The Bertz CT molecular complexity index is 494. The molecule has 0 radical (unpaired) electrons. The molecule has 1 fully saturated rings. The van der Waals surface area contributed by atoms with Crippen LogP contribution in [-0.2, 0) is 11.3 Å². The second kappa shape index (κ2) is 6.02. The van der Waals surface area contributed by atoms with Gasteiger partial charge in [0.05, 0.1) is 16.8 Å². The van der Waals surface area contributed by atoms with Crippen molar-refractivity contribution >= 4 is 46.7 Å². The molecule has 0 saturated carbocycles. The van der Waals surface area contributed by atoms with E-state index in [1.807, 2.05) is 6.07 Å². The van der Waals surface area contributed by atoms with Crippen molar-refractivity contribution < 1.29 is 14.7 Å². The number of hydrogen-bond acceptors (Lipinski definition) is 4. The third kappa shape index (κ3) is 3.34. The minimum absolute atomic E-state index is 0.262. The van der Waals surface area contributed by atoms with E-state index in [2.05, 4.69) is 0 Å². The van der Waals surface area contributed by atoms with Crippen LogP contribution in [0.2, 0.25) is 4.34 Å². The van der Waals surface area contributed by atoms with Gasteiger partial charge in [-0.2, -0.15) is 0 Å². The van der Waals surface area contributed by atoms with Crippen molar-refractivity contribution in [1.29, 1.82) is 0 Å². The fourth-order valence-electron chi connectivity index (χ4n) is 1.79. The minimum Gasteiger partial charge on any atom is -0.480 e. The first kappa shape index (κ1) is 14.5. The predicted octanol–water partition coefficient (Wildman–Crippen LogP) is 2.41. The molecule has 1 atom stereocenters. The van der Waals surface area contributed by atoms with Gasteiger partial charge >= 0.3 is 12.0 Å². The van der Waals surface area contributed by atoms with Crippen LogP contribution in [0, 0.1) is 0 Å². The molecule has 2 rings (SSSR count). The van der Waals surface area contributed by atoms with Crippen molar-refractivity contribution in [3.8, 4) is 0 Å². The standard InChI is InChI=1S/C11H13ClN2O3S2/c1-13(4-7-2-3-9(12)19-7)11(17)14-6-18-5-8(14)10(15)16/h2-3,8H,4-6H2,1H3,(H,15,16). The molecule has 1 aliphatic rings. The Morgan fingerprint density at radius 3 is 2.89 bits per heavy atom. The Labute approximate surface area is 124 Å². The summed E-state index contributed by atoms with van der Waals surface area (Å²) >= 11 is 8.71. The van der Waals surface area contributed by atoms with Gasteiger partial charge in [0.15, 0.2) is 0 Å². The lowest BCUT2D eigenvalue weighted by Crippen LogP contribution is -2.47. The number of carboxylic acids is 1. The van der Waals surface area contributed by atoms with Gasteiger partial charge < -0.3 is 14.9 Å². The van der Waals surface area contributed by atoms with E-state index in [1.54, 1.807) is 13.1 Å². The van der Waals surface area contributed by atoms with Crippen molar-refractivity contribution in [2.75, 3.05) is 18.7 Å². The van der Waals surface area contributed by atoms with Crippen molar-refractivity contribution in [2.45, 2.75) is 12.6 Å². The van der Waals surface area contributed by atoms with Crippen LogP contribution < -0.4 is 0 Å². The number of aliphatic carboxylic acids is 1. The normalized spacial score (nSPS) is 18.6. The van der Waals surface area contributed by atoms with Crippen LogP contribution >= 0.6 is 34.7 Å². The fourth-order valence-corrected chi connectivity index (χ4v) is 4.07. The first-order valence-corrected chi connectivity index (χ1v) is 7.90. The summed E-state index contributed by atoms with van der Waals surface area (Å²) in [5.74, 6) is -0.0867. The van der Waals surface area contributed by atoms with Crippen molar-refractivity contribution in [3.05, 3.63) is 21.3 Å². The van der Waals surface area contributed by atoms with E-state index in [9.17, 15) is 9.59 Å². The summed E-state index contributed by atoms with van der Waals surface area (Å²) < 4.78 is 0.677. The highest BCUT2D eigenvalue weighted by atomic mass is 35.5. The van der Waals surface area contributed by atoms with Crippen LogP contribution in [0.1, 0.15) is 4.88 Å². The number of hydrogen-bond donors (Lipinski definition) is 1. The maximum Gasteiger partial charge on any atom is 0.327 e. The summed E-state index contributed by atoms with van der Waals surface area (Å²) in [5, 5.41) is 9.07. The summed E-state index contributed by atoms with van der Waals surface area (Å²) in [6, 6.07) is 2.66. The van der Waals surface area contributed by atoms with Gasteiger partial charge in [-0.15, -0.1) is 23.1 Å². The molecule has 104 valence electrons. The molecule has 5 nitrogen and oxygen atoms in total. The Hall–Kier alpha value is -0.920. The molecule has 1 N–H and O–H groups in total. The second-order valence-corrected chi connectivity index (χ2v) is 6.97. The number of amides is 2. The van der Waals surface area contributed by atoms with Crippen LogP contribution in [0.15, 0.2) is 12.1 Å². The quantitative estimate of drug-likeness (QED) is 0.929. The average molecular weight is 321 g/mol. The summed E-state index contributed by atoms with van der Waals surface area (Å²) in [4.78, 5) is 27.2. The van der Waals surface area contributed by atoms with Crippen LogP contribution in [0.3, 0.4) is 0 Å². The lowest BCUT2D eigenvalue weighted by atomic mass is 10.3. The lowest BCUT2D eigenvalue weighted by molar-refractivity contribution is -0.140. The topological polar surface area (TPSA) is 60.9 Å². The molecule has 1 saturated heterocycles. The van der Waals surface area contributed by atoms with Gasteiger partial charge in [-0.1, -0.05) is 11.6 Å². The van der Waals surface area contributed by atoms with E-state index < -0.39 is 12.0 Å². The zero-order chi connectivity index (χ0) is 14.0. The summed E-state index contributed by atoms with van der Waals surface area (Å²) in [7, 11) is 1.66. The SMILES string of the molecule is CN(Cc1ccc(Cl)s1)C(=O)N1CSCC1C(=O)O. The van der Waals surface area contributed by atoms with E-state index in [-0.39, 0.29) is 6.03 Å². The monoisotopic (exact) mass is 320 g/mol. The zero-order valence-corrected chi connectivity index (χ0v) is 12.6. The number of halogens is 1. The molecule has 0 aromatic carbocycles. The average Bonchev–Trinajstić information content (AvgIpc) is 2.97. The maximum atomic E-state index is 12.2. The lowest BCUT2D eigenvalue weighted by Gasteiger charge is -2.26.